The van der Waals surface area contributed by atoms with Crippen LogP contribution in [-0.4, -0.2) is 27.7 Å². The monoisotopic (exact) mass is 300 g/mol. The minimum absolute atomic E-state index is 0.0628. The summed E-state index contributed by atoms with van der Waals surface area (Å²) in [6.45, 7) is 3.32. The van der Waals surface area contributed by atoms with Crippen molar-refractivity contribution in [2.24, 2.45) is 0 Å². The van der Waals surface area contributed by atoms with Gasteiger partial charge in [-0.1, -0.05) is 12.1 Å². The van der Waals surface area contributed by atoms with Gasteiger partial charge in [-0.25, -0.2) is 0 Å². The van der Waals surface area contributed by atoms with Crippen molar-refractivity contribution >= 4 is 5.78 Å². The molecule has 0 aromatic heterocycles. The highest BCUT2D eigenvalue weighted by Gasteiger charge is 2.35. The Balaban J connectivity index is 2.12. The number of carbonyl (C=O) groups excluding carboxylic acids is 1. The highest BCUT2D eigenvalue weighted by Crippen LogP contribution is 2.46. The molecule has 0 fully saturated rings. The van der Waals surface area contributed by atoms with E-state index in [1.54, 1.807) is 26.0 Å². The predicted molar refractivity (Wildman–Crippen MR) is 79.9 cm³/mol. The number of hydrogen-bond donors (Lipinski definition) is 3. The van der Waals surface area contributed by atoms with E-state index in [0.29, 0.717) is 11.1 Å². The minimum Gasteiger partial charge on any atom is -0.508 e. The Morgan fingerprint density at radius 1 is 1.00 bits per heavy atom. The number of ketones is 1. The average Bonchev–Trinajstić information content (AvgIpc) is 2.51. The highest BCUT2D eigenvalue weighted by atomic mass is 16.5. The van der Waals surface area contributed by atoms with Crippen LogP contribution >= 0.6 is 0 Å². The van der Waals surface area contributed by atoms with E-state index in [1.165, 1.54) is 12.1 Å². The van der Waals surface area contributed by atoms with E-state index in [2.05, 4.69) is 0 Å². The summed E-state index contributed by atoms with van der Waals surface area (Å²) >= 11 is 0. The van der Waals surface area contributed by atoms with Crippen LogP contribution in [0.25, 0.3) is 0 Å². The minimum atomic E-state index is -0.553. The van der Waals surface area contributed by atoms with E-state index in [0.717, 1.165) is 0 Å². The third kappa shape index (κ3) is 1.97. The second kappa shape index (κ2) is 4.94. The van der Waals surface area contributed by atoms with Crippen molar-refractivity contribution in [3.05, 3.63) is 46.5 Å². The molecule has 5 nitrogen and oxygen atoms in total. The van der Waals surface area contributed by atoms with E-state index in [4.69, 9.17) is 4.74 Å². The number of phenolic OH excluding ortho intramolecular Hbond substituents is 3. The van der Waals surface area contributed by atoms with Crippen LogP contribution in [0.2, 0.25) is 0 Å². The summed E-state index contributed by atoms with van der Waals surface area (Å²) in [5.74, 6) is -0.759. The van der Waals surface area contributed by atoms with Crippen LogP contribution in [0, 0.1) is 13.8 Å². The average molecular weight is 300 g/mol. The Kier molecular flexibility index (Phi) is 3.20. The molecule has 1 atom stereocenters. The molecule has 3 N–H and O–H groups in total. The first kappa shape index (κ1) is 14.3. The summed E-state index contributed by atoms with van der Waals surface area (Å²) in [6.07, 6.45) is 0. The molecule has 1 aliphatic heterocycles. The SMILES string of the molecule is Cc1c(O)c(C)c2c(c1O)C(=O)[C@H](c1ccc(O)cc1)CO2. The van der Waals surface area contributed by atoms with Gasteiger partial charge in [0.05, 0.1) is 5.92 Å². The fourth-order valence-corrected chi connectivity index (χ4v) is 2.76. The zero-order valence-corrected chi connectivity index (χ0v) is 12.3. The van der Waals surface area contributed by atoms with Crippen molar-refractivity contribution in [3.8, 4) is 23.0 Å². The van der Waals surface area contributed by atoms with E-state index >= 15 is 0 Å². The maximum Gasteiger partial charge on any atom is 0.181 e. The van der Waals surface area contributed by atoms with Crippen LogP contribution in [0.15, 0.2) is 24.3 Å². The molecule has 0 amide bonds. The third-order valence-corrected chi connectivity index (χ3v) is 4.12. The van der Waals surface area contributed by atoms with Crippen molar-refractivity contribution in [2.45, 2.75) is 19.8 Å². The molecule has 22 heavy (non-hydrogen) atoms. The fourth-order valence-electron chi connectivity index (χ4n) is 2.76. The molecule has 0 aliphatic carbocycles. The summed E-state index contributed by atoms with van der Waals surface area (Å²) in [5, 5.41) is 29.5. The lowest BCUT2D eigenvalue weighted by Gasteiger charge is -2.27. The number of Topliss-reactive ketones (excluding diaryl/α,β-unsaturated/α-hetero) is 1. The molecule has 0 unspecified atom stereocenters. The van der Waals surface area contributed by atoms with Gasteiger partial charge in [0.2, 0.25) is 0 Å². The first-order valence-electron chi connectivity index (χ1n) is 6.92. The zero-order chi connectivity index (χ0) is 16.0. The molecule has 5 heteroatoms. The number of carbonyl (C=O) groups is 1. The van der Waals surface area contributed by atoms with Crippen molar-refractivity contribution in [1.82, 2.24) is 0 Å². The standard InChI is InChI=1S/C17H16O5/c1-8-14(19)9(2)17-13(15(8)20)16(21)12(7-22-17)10-3-5-11(18)6-4-10/h3-6,12,18-20H,7H2,1-2H3/t12-/m0/s1. The van der Waals surface area contributed by atoms with E-state index < -0.39 is 5.92 Å². The fraction of sp³-hybridized carbons (Fsp3) is 0.235. The lowest BCUT2D eigenvalue weighted by molar-refractivity contribution is 0.0890. The predicted octanol–water partition coefficient (Wildman–Crippen LogP) is 2.78. The molecule has 0 saturated carbocycles. The summed E-state index contributed by atoms with van der Waals surface area (Å²) in [4.78, 5) is 12.8. The topological polar surface area (TPSA) is 87.0 Å². The third-order valence-electron chi connectivity index (χ3n) is 4.12. The molecule has 0 radical (unpaired) electrons. The second-order valence-corrected chi connectivity index (χ2v) is 5.47. The van der Waals surface area contributed by atoms with Crippen LogP contribution in [0.5, 0.6) is 23.0 Å². The first-order chi connectivity index (χ1) is 10.4. The molecule has 0 bridgehead atoms. The van der Waals surface area contributed by atoms with Gasteiger partial charge in [-0.05, 0) is 31.5 Å². The molecule has 1 aliphatic rings. The van der Waals surface area contributed by atoms with Gasteiger partial charge in [-0.3, -0.25) is 4.79 Å². The normalized spacial score (nSPS) is 17.0. The smallest absolute Gasteiger partial charge is 0.181 e. The number of rotatable bonds is 1. The summed E-state index contributed by atoms with van der Waals surface area (Å²) < 4.78 is 5.64. The highest BCUT2D eigenvalue weighted by molar-refractivity contribution is 6.07. The first-order valence-corrected chi connectivity index (χ1v) is 6.92. The van der Waals surface area contributed by atoms with Crippen LogP contribution in [0.3, 0.4) is 0 Å². The van der Waals surface area contributed by atoms with Crippen LogP contribution in [0.1, 0.15) is 33.0 Å². The van der Waals surface area contributed by atoms with Gasteiger partial charge >= 0.3 is 0 Å². The van der Waals surface area contributed by atoms with Gasteiger partial charge in [0, 0.05) is 11.1 Å². The van der Waals surface area contributed by atoms with Crippen LogP contribution in [0.4, 0.5) is 0 Å². The number of aromatic hydroxyl groups is 3. The maximum atomic E-state index is 12.8. The van der Waals surface area contributed by atoms with Crippen molar-refractivity contribution in [1.29, 1.82) is 0 Å². The Morgan fingerprint density at radius 2 is 1.64 bits per heavy atom. The van der Waals surface area contributed by atoms with Crippen LogP contribution in [-0.2, 0) is 0 Å². The number of ether oxygens (including phenoxy) is 1. The van der Waals surface area contributed by atoms with Crippen LogP contribution < -0.4 is 4.74 Å². The van der Waals surface area contributed by atoms with Gasteiger partial charge in [-0.2, -0.15) is 0 Å². The molecule has 1 heterocycles. The summed E-state index contributed by atoms with van der Waals surface area (Å²) in [6, 6.07) is 6.32. The maximum absolute atomic E-state index is 12.8. The van der Waals surface area contributed by atoms with Gasteiger partial charge in [0.15, 0.2) is 5.78 Å². The molecular formula is C17H16O5. The molecule has 0 spiro atoms. The Labute approximate surface area is 127 Å². The van der Waals surface area contributed by atoms with E-state index in [1.807, 2.05) is 0 Å². The summed E-state index contributed by atoms with van der Waals surface area (Å²) in [7, 11) is 0. The van der Waals surface area contributed by atoms with Gasteiger partial charge < -0.3 is 20.1 Å². The van der Waals surface area contributed by atoms with Crippen molar-refractivity contribution in [3.63, 3.8) is 0 Å². The molecule has 0 saturated heterocycles. The van der Waals surface area contributed by atoms with Gasteiger partial charge in [0.25, 0.3) is 0 Å². The Bertz CT molecular complexity index is 762. The number of hydrogen-bond acceptors (Lipinski definition) is 5. The Hall–Kier alpha value is -2.69. The van der Waals surface area contributed by atoms with E-state index in [9.17, 15) is 20.1 Å². The molecule has 3 rings (SSSR count). The number of phenols is 3. The van der Waals surface area contributed by atoms with Crippen molar-refractivity contribution < 1.29 is 24.9 Å². The molecule has 2 aromatic carbocycles. The quantitative estimate of drug-likeness (QED) is 0.754. The lowest BCUT2D eigenvalue weighted by atomic mass is 9.86. The largest absolute Gasteiger partial charge is 0.508 e. The second-order valence-electron chi connectivity index (χ2n) is 5.47. The molecule has 2 aromatic rings. The lowest BCUT2D eigenvalue weighted by Crippen LogP contribution is -2.27. The van der Waals surface area contributed by atoms with Gasteiger partial charge in [-0.15, -0.1) is 0 Å². The zero-order valence-electron chi connectivity index (χ0n) is 12.3. The number of benzene rings is 2. The molecule has 114 valence electrons. The van der Waals surface area contributed by atoms with E-state index in [-0.39, 0.29) is 46.5 Å². The molecular weight excluding hydrogens is 284 g/mol. The van der Waals surface area contributed by atoms with Crippen molar-refractivity contribution in [2.75, 3.05) is 6.61 Å². The Morgan fingerprint density at radius 3 is 2.27 bits per heavy atom. The number of fused-ring (bicyclic) bond motifs is 1. The summed E-state index contributed by atoms with van der Waals surface area (Å²) in [5.41, 5.74) is 1.52. The van der Waals surface area contributed by atoms with Gasteiger partial charge in [0.1, 0.15) is 35.2 Å².